The molecule has 0 amide bonds. The predicted molar refractivity (Wildman–Crippen MR) is 70.8 cm³/mol. The Hall–Kier alpha value is -1.68. The molecule has 0 atom stereocenters. The van der Waals surface area contributed by atoms with Crippen LogP contribution in [0.2, 0.25) is 0 Å². The summed E-state index contributed by atoms with van der Waals surface area (Å²) < 4.78 is 15.3. The fraction of sp³-hybridized carbons (Fsp3) is 0.357. The molecular weight excluding hydrogens is 229 g/mol. The summed E-state index contributed by atoms with van der Waals surface area (Å²) in [7, 11) is 3.79. The summed E-state index contributed by atoms with van der Waals surface area (Å²) in [4.78, 5) is 0. The summed E-state index contributed by atoms with van der Waals surface area (Å²) in [5, 5.41) is 7.50. The van der Waals surface area contributed by atoms with Gasteiger partial charge in [0.15, 0.2) is 0 Å². The summed E-state index contributed by atoms with van der Waals surface area (Å²) in [6.07, 6.45) is 0. The van der Waals surface area contributed by atoms with Gasteiger partial charge in [-0.1, -0.05) is 6.07 Å². The standard InChI is InChI=1S/C14H18FN3/c1-9-14(10(2)18(4)17-9)13-7-12(15)6-5-11(13)8-16-3/h5-7,16H,8H2,1-4H3. The van der Waals surface area contributed by atoms with Gasteiger partial charge >= 0.3 is 0 Å². The molecule has 1 aromatic carbocycles. The SMILES string of the molecule is CNCc1ccc(F)cc1-c1c(C)nn(C)c1C. The van der Waals surface area contributed by atoms with Crippen molar-refractivity contribution in [2.75, 3.05) is 7.05 Å². The lowest BCUT2D eigenvalue weighted by molar-refractivity contribution is 0.627. The third-order valence-electron chi connectivity index (χ3n) is 3.22. The molecule has 0 spiro atoms. The summed E-state index contributed by atoms with van der Waals surface area (Å²) in [6.45, 7) is 4.67. The van der Waals surface area contributed by atoms with Crippen molar-refractivity contribution in [1.29, 1.82) is 0 Å². The zero-order valence-corrected chi connectivity index (χ0v) is 11.2. The number of hydrogen-bond donors (Lipinski definition) is 1. The van der Waals surface area contributed by atoms with Crippen LogP contribution in [0.15, 0.2) is 18.2 Å². The molecule has 0 fully saturated rings. The quantitative estimate of drug-likeness (QED) is 0.903. The Labute approximate surface area is 107 Å². The van der Waals surface area contributed by atoms with Crippen LogP contribution in [-0.2, 0) is 13.6 Å². The molecule has 0 bridgehead atoms. The van der Waals surface area contributed by atoms with E-state index >= 15 is 0 Å². The summed E-state index contributed by atoms with van der Waals surface area (Å²) in [5.41, 5.74) is 5.02. The minimum absolute atomic E-state index is 0.215. The lowest BCUT2D eigenvalue weighted by atomic mass is 9.98. The van der Waals surface area contributed by atoms with Crippen molar-refractivity contribution in [2.45, 2.75) is 20.4 Å². The van der Waals surface area contributed by atoms with Crippen LogP contribution in [0, 0.1) is 19.7 Å². The smallest absolute Gasteiger partial charge is 0.123 e. The summed E-state index contributed by atoms with van der Waals surface area (Å²) in [5.74, 6) is -0.215. The molecule has 0 aliphatic rings. The van der Waals surface area contributed by atoms with Crippen molar-refractivity contribution in [3.63, 3.8) is 0 Å². The van der Waals surface area contributed by atoms with Crippen LogP contribution < -0.4 is 5.32 Å². The van der Waals surface area contributed by atoms with Gasteiger partial charge in [-0.05, 0) is 44.2 Å². The van der Waals surface area contributed by atoms with E-state index in [-0.39, 0.29) is 5.82 Å². The fourth-order valence-electron chi connectivity index (χ4n) is 2.29. The summed E-state index contributed by atoms with van der Waals surface area (Å²) in [6, 6.07) is 4.91. The van der Waals surface area contributed by atoms with Crippen LogP contribution >= 0.6 is 0 Å². The number of rotatable bonds is 3. The molecule has 4 heteroatoms. The van der Waals surface area contributed by atoms with E-state index in [1.165, 1.54) is 6.07 Å². The van der Waals surface area contributed by atoms with Gasteiger partial charge in [-0.25, -0.2) is 4.39 Å². The first-order valence-corrected chi connectivity index (χ1v) is 5.98. The van der Waals surface area contributed by atoms with E-state index < -0.39 is 0 Å². The third-order valence-corrected chi connectivity index (χ3v) is 3.22. The second kappa shape index (κ2) is 4.90. The Kier molecular flexibility index (Phi) is 3.48. The number of halogens is 1. The zero-order valence-electron chi connectivity index (χ0n) is 11.2. The van der Waals surface area contributed by atoms with E-state index in [0.29, 0.717) is 6.54 Å². The second-order valence-corrected chi connectivity index (χ2v) is 4.50. The first-order valence-electron chi connectivity index (χ1n) is 5.98. The zero-order chi connectivity index (χ0) is 13.3. The number of hydrogen-bond acceptors (Lipinski definition) is 2. The van der Waals surface area contributed by atoms with E-state index in [1.807, 2.05) is 38.7 Å². The average Bonchev–Trinajstić information content (AvgIpc) is 2.56. The van der Waals surface area contributed by atoms with Crippen LogP contribution in [0.3, 0.4) is 0 Å². The maximum absolute atomic E-state index is 13.5. The molecule has 0 unspecified atom stereocenters. The highest BCUT2D eigenvalue weighted by atomic mass is 19.1. The molecule has 0 aliphatic heterocycles. The third kappa shape index (κ3) is 2.16. The number of nitrogens with one attached hydrogen (secondary N) is 1. The molecule has 3 nitrogen and oxygen atoms in total. The van der Waals surface area contributed by atoms with E-state index in [4.69, 9.17) is 0 Å². The molecule has 0 saturated carbocycles. The Bertz CT molecular complexity index is 573. The molecule has 96 valence electrons. The molecule has 0 aliphatic carbocycles. The fourth-order valence-corrected chi connectivity index (χ4v) is 2.29. The molecule has 1 heterocycles. The van der Waals surface area contributed by atoms with Gasteiger partial charge < -0.3 is 5.32 Å². The molecule has 1 N–H and O–H groups in total. The monoisotopic (exact) mass is 247 g/mol. The highest BCUT2D eigenvalue weighted by Gasteiger charge is 2.15. The maximum Gasteiger partial charge on any atom is 0.123 e. The average molecular weight is 247 g/mol. The van der Waals surface area contributed by atoms with E-state index in [2.05, 4.69) is 10.4 Å². The second-order valence-electron chi connectivity index (χ2n) is 4.50. The first kappa shape index (κ1) is 12.8. The van der Waals surface area contributed by atoms with Crippen molar-refractivity contribution in [2.24, 2.45) is 7.05 Å². The van der Waals surface area contributed by atoms with Crippen LogP contribution in [0.1, 0.15) is 17.0 Å². The Morgan fingerprint density at radius 1 is 1.33 bits per heavy atom. The molecule has 0 radical (unpaired) electrons. The van der Waals surface area contributed by atoms with Gasteiger partial charge in [-0.2, -0.15) is 5.10 Å². The van der Waals surface area contributed by atoms with Crippen molar-refractivity contribution >= 4 is 0 Å². The van der Waals surface area contributed by atoms with Crippen molar-refractivity contribution in [3.8, 4) is 11.1 Å². The molecule has 18 heavy (non-hydrogen) atoms. The van der Waals surface area contributed by atoms with Crippen LogP contribution in [-0.4, -0.2) is 16.8 Å². The van der Waals surface area contributed by atoms with Gasteiger partial charge in [0.1, 0.15) is 5.82 Å². The number of aromatic nitrogens is 2. The Balaban J connectivity index is 2.65. The van der Waals surface area contributed by atoms with Gasteiger partial charge in [0.2, 0.25) is 0 Å². The minimum Gasteiger partial charge on any atom is -0.316 e. The number of benzene rings is 1. The maximum atomic E-state index is 13.5. The first-order chi connectivity index (χ1) is 8.54. The Morgan fingerprint density at radius 2 is 2.06 bits per heavy atom. The van der Waals surface area contributed by atoms with Crippen LogP contribution in [0.25, 0.3) is 11.1 Å². The topological polar surface area (TPSA) is 29.9 Å². The molecule has 1 aromatic heterocycles. The van der Waals surface area contributed by atoms with Gasteiger partial charge in [0.25, 0.3) is 0 Å². The minimum atomic E-state index is -0.215. The van der Waals surface area contributed by atoms with E-state index in [9.17, 15) is 4.39 Å². The van der Waals surface area contributed by atoms with Crippen molar-refractivity contribution < 1.29 is 4.39 Å². The molecule has 2 aromatic rings. The largest absolute Gasteiger partial charge is 0.316 e. The van der Waals surface area contributed by atoms with Crippen molar-refractivity contribution in [1.82, 2.24) is 15.1 Å². The number of nitrogens with zero attached hydrogens (tertiary/aromatic N) is 2. The normalized spacial score (nSPS) is 10.9. The lowest BCUT2D eigenvalue weighted by Crippen LogP contribution is -2.07. The van der Waals surface area contributed by atoms with Gasteiger partial charge in [-0.3, -0.25) is 4.68 Å². The highest BCUT2D eigenvalue weighted by Crippen LogP contribution is 2.30. The number of aryl methyl sites for hydroxylation is 2. The van der Waals surface area contributed by atoms with E-state index in [0.717, 1.165) is 28.1 Å². The van der Waals surface area contributed by atoms with Crippen molar-refractivity contribution in [3.05, 3.63) is 41.0 Å². The highest BCUT2D eigenvalue weighted by molar-refractivity contribution is 5.71. The predicted octanol–water partition coefficient (Wildman–Crippen LogP) is 2.56. The van der Waals surface area contributed by atoms with Crippen LogP contribution in [0.4, 0.5) is 4.39 Å². The molecule has 0 saturated heterocycles. The Morgan fingerprint density at radius 3 is 2.61 bits per heavy atom. The van der Waals surface area contributed by atoms with Gasteiger partial charge in [0, 0.05) is 24.8 Å². The van der Waals surface area contributed by atoms with Gasteiger partial charge in [-0.15, -0.1) is 0 Å². The lowest BCUT2D eigenvalue weighted by Gasteiger charge is -2.10. The van der Waals surface area contributed by atoms with Crippen LogP contribution in [0.5, 0.6) is 0 Å². The van der Waals surface area contributed by atoms with E-state index in [1.54, 1.807) is 6.07 Å². The molecule has 2 rings (SSSR count). The molecular formula is C14H18FN3. The van der Waals surface area contributed by atoms with Gasteiger partial charge in [0.05, 0.1) is 5.69 Å². The summed E-state index contributed by atoms with van der Waals surface area (Å²) >= 11 is 0.